The Balaban J connectivity index is 2.53. The smallest absolute Gasteiger partial charge is 0.240 e. The van der Waals surface area contributed by atoms with Crippen LogP contribution < -0.4 is 16.8 Å². The van der Waals surface area contributed by atoms with Crippen molar-refractivity contribution in [1.82, 2.24) is 5.32 Å². The van der Waals surface area contributed by atoms with Crippen molar-refractivity contribution in [3.8, 4) is 0 Å². The van der Waals surface area contributed by atoms with Crippen molar-refractivity contribution in [2.24, 2.45) is 11.5 Å². The highest BCUT2D eigenvalue weighted by Gasteiger charge is 2.42. The zero-order chi connectivity index (χ0) is 11.7. The average Bonchev–Trinajstić information content (AvgIpc) is 1.95. The van der Waals surface area contributed by atoms with Crippen LogP contribution in [-0.2, 0) is 9.59 Å². The fourth-order valence-corrected chi connectivity index (χ4v) is 1.70. The zero-order valence-electron chi connectivity index (χ0n) is 9.30. The molecule has 15 heavy (non-hydrogen) atoms. The molecule has 0 saturated heterocycles. The van der Waals surface area contributed by atoms with E-state index in [1.807, 2.05) is 0 Å². The number of hydrogen-bond acceptors (Lipinski definition) is 3. The molecule has 1 aliphatic carbocycles. The van der Waals surface area contributed by atoms with E-state index in [9.17, 15) is 9.59 Å². The molecule has 0 atom stereocenters. The SMILES string of the molecule is CC(C)(CC(N)=O)NC(=O)C1(N)CCC1. The highest BCUT2D eigenvalue weighted by atomic mass is 16.2. The van der Waals surface area contributed by atoms with Crippen LogP contribution >= 0.6 is 0 Å². The molecule has 5 nitrogen and oxygen atoms in total. The van der Waals surface area contributed by atoms with E-state index in [2.05, 4.69) is 5.32 Å². The molecule has 1 fully saturated rings. The van der Waals surface area contributed by atoms with Gasteiger partial charge in [0.1, 0.15) is 0 Å². The van der Waals surface area contributed by atoms with Gasteiger partial charge < -0.3 is 16.8 Å². The van der Waals surface area contributed by atoms with E-state index in [0.717, 1.165) is 6.42 Å². The van der Waals surface area contributed by atoms with Gasteiger partial charge in [-0.1, -0.05) is 0 Å². The molecule has 1 saturated carbocycles. The molecule has 86 valence electrons. The number of hydrogen-bond donors (Lipinski definition) is 3. The second-order valence-corrected chi connectivity index (χ2v) is 4.99. The Labute approximate surface area is 89.6 Å². The van der Waals surface area contributed by atoms with Crippen LogP contribution in [0.5, 0.6) is 0 Å². The van der Waals surface area contributed by atoms with Gasteiger partial charge in [0.15, 0.2) is 0 Å². The third-order valence-electron chi connectivity index (χ3n) is 2.77. The third-order valence-corrected chi connectivity index (χ3v) is 2.77. The van der Waals surface area contributed by atoms with E-state index >= 15 is 0 Å². The van der Waals surface area contributed by atoms with Crippen molar-refractivity contribution >= 4 is 11.8 Å². The summed E-state index contributed by atoms with van der Waals surface area (Å²) in [5.41, 5.74) is 9.60. The van der Waals surface area contributed by atoms with Gasteiger partial charge in [0.05, 0.1) is 5.54 Å². The quantitative estimate of drug-likeness (QED) is 0.594. The van der Waals surface area contributed by atoms with E-state index in [1.165, 1.54) is 0 Å². The summed E-state index contributed by atoms with van der Waals surface area (Å²) in [6.07, 6.45) is 2.53. The van der Waals surface area contributed by atoms with E-state index < -0.39 is 17.0 Å². The largest absolute Gasteiger partial charge is 0.370 e. The first-order chi connectivity index (χ1) is 6.75. The van der Waals surface area contributed by atoms with Gasteiger partial charge >= 0.3 is 0 Å². The van der Waals surface area contributed by atoms with Crippen LogP contribution in [-0.4, -0.2) is 22.9 Å². The first-order valence-electron chi connectivity index (χ1n) is 5.15. The van der Waals surface area contributed by atoms with Crippen molar-refractivity contribution in [3.63, 3.8) is 0 Å². The molecule has 0 aromatic carbocycles. The predicted molar refractivity (Wildman–Crippen MR) is 56.8 cm³/mol. The van der Waals surface area contributed by atoms with E-state index in [1.54, 1.807) is 13.8 Å². The summed E-state index contributed by atoms with van der Waals surface area (Å²) >= 11 is 0. The molecule has 0 unspecified atom stereocenters. The minimum Gasteiger partial charge on any atom is -0.370 e. The predicted octanol–water partition coefficient (Wildman–Crippen LogP) is -0.362. The molecule has 0 aromatic rings. The molecule has 0 aromatic heterocycles. The summed E-state index contributed by atoms with van der Waals surface area (Å²) in [5.74, 6) is -0.611. The first-order valence-corrected chi connectivity index (χ1v) is 5.15. The van der Waals surface area contributed by atoms with Gasteiger partial charge in [-0.25, -0.2) is 0 Å². The monoisotopic (exact) mass is 213 g/mol. The van der Waals surface area contributed by atoms with Crippen LogP contribution in [0.2, 0.25) is 0 Å². The fraction of sp³-hybridized carbons (Fsp3) is 0.800. The lowest BCUT2D eigenvalue weighted by Gasteiger charge is -2.39. The van der Waals surface area contributed by atoms with Crippen LogP contribution in [0.4, 0.5) is 0 Å². The average molecular weight is 213 g/mol. The zero-order valence-corrected chi connectivity index (χ0v) is 9.30. The molecular formula is C10H19N3O2. The van der Waals surface area contributed by atoms with Crippen LogP contribution in [0.1, 0.15) is 39.5 Å². The molecule has 0 heterocycles. The van der Waals surface area contributed by atoms with Crippen molar-refractivity contribution in [1.29, 1.82) is 0 Å². The maximum Gasteiger partial charge on any atom is 0.240 e. The summed E-state index contributed by atoms with van der Waals surface area (Å²) in [4.78, 5) is 22.5. The lowest BCUT2D eigenvalue weighted by molar-refractivity contribution is -0.131. The minimum absolute atomic E-state index is 0.120. The van der Waals surface area contributed by atoms with Crippen molar-refractivity contribution in [2.45, 2.75) is 50.6 Å². The van der Waals surface area contributed by atoms with Crippen LogP contribution in [0.25, 0.3) is 0 Å². The third kappa shape index (κ3) is 2.92. The maximum absolute atomic E-state index is 11.8. The summed E-state index contributed by atoms with van der Waals surface area (Å²) in [7, 11) is 0. The molecule has 0 spiro atoms. The van der Waals surface area contributed by atoms with Gasteiger partial charge in [-0.2, -0.15) is 0 Å². The number of amides is 2. The van der Waals surface area contributed by atoms with E-state index in [-0.39, 0.29) is 12.3 Å². The van der Waals surface area contributed by atoms with Crippen LogP contribution in [0.3, 0.4) is 0 Å². The number of primary amides is 1. The molecule has 1 aliphatic rings. The van der Waals surface area contributed by atoms with Crippen LogP contribution in [0, 0.1) is 0 Å². The summed E-state index contributed by atoms with van der Waals surface area (Å²) in [6, 6.07) is 0. The van der Waals surface area contributed by atoms with Gasteiger partial charge in [0, 0.05) is 12.0 Å². The minimum atomic E-state index is -0.727. The van der Waals surface area contributed by atoms with Gasteiger partial charge in [-0.3, -0.25) is 9.59 Å². The normalized spacial score (nSPS) is 19.1. The highest BCUT2D eigenvalue weighted by molar-refractivity contribution is 5.88. The summed E-state index contributed by atoms with van der Waals surface area (Å²) in [6.45, 7) is 3.52. The Morgan fingerprint density at radius 1 is 1.40 bits per heavy atom. The van der Waals surface area contributed by atoms with Gasteiger partial charge in [0.2, 0.25) is 11.8 Å². The lowest BCUT2D eigenvalue weighted by atomic mass is 9.76. The summed E-state index contributed by atoms with van der Waals surface area (Å²) in [5, 5.41) is 2.77. The number of carbonyl (C=O) groups excluding carboxylic acids is 2. The first kappa shape index (κ1) is 12.0. The fourth-order valence-electron chi connectivity index (χ4n) is 1.70. The van der Waals surface area contributed by atoms with Crippen molar-refractivity contribution in [3.05, 3.63) is 0 Å². The van der Waals surface area contributed by atoms with E-state index in [4.69, 9.17) is 11.5 Å². The lowest BCUT2D eigenvalue weighted by Crippen LogP contribution is -2.62. The van der Waals surface area contributed by atoms with E-state index in [0.29, 0.717) is 12.8 Å². The Bertz CT molecular complexity index is 282. The molecule has 5 heteroatoms. The molecule has 5 N–H and O–H groups in total. The van der Waals surface area contributed by atoms with Gasteiger partial charge in [-0.05, 0) is 33.1 Å². The number of nitrogens with one attached hydrogen (secondary N) is 1. The highest BCUT2D eigenvalue weighted by Crippen LogP contribution is 2.29. The number of rotatable bonds is 4. The van der Waals surface area contributed by atoms with Crippen LogP contribution in [0.15, 0.2) is 0 Å². The number of nitrogens with two attached hydrogens (primary N) is 2. The topological polar surface area (TPSA) is 98.2 Å². The van der Waals surface area contributed by atoms with Gasteiger partial charge in [0.25, 0.3) is 0 Å². The molecule has 0 bridgehead atoms. The Kier molecular flexibility index (Phi) is 3.04. The Morgan fingerprint density at radius 2 is 1.93 bits per heavy atom. The Morgan fingerprint density at radius 3 is 2.27 bits per heavy atom. The Hall–Kier alpha value is -1.10. The molecular weight excluding hydrogens is 194 g/mol. The van der Waals surface area contributed by atoms with Crippen molar-refractivity contribution < 1.29 is 9.59 Å². The maximum atomic E-state index is 11.8. The molecule has 0 aliphatic heterocycles. The molecule has 2 amide bonds. The second kappa shape index (κ2) is 3.81. The van der Waals surface area contributed by atoms with Gasteiger partial charge in [-0.15, -0.1) is 0 Å². The second-order valence-electron chi connectivity index (χ2n) is 4.99. The number of carbonyl (C=O) groups is 2. The summed E-state index contributed by atoms with van der Waals surface area (Å²) < 4.78 is 0. The van der Waals surface area contributed by atoms with Crippen molar-refractivity contribution in [2.75, 3.05) is 0 Å². The standard InChI is InChI=1S/C10H19N3O2/c1-9(2,6-7(11)14)13-8(15)10(12)4-3-5-10/h3-6,12H2,1-2H3,(H2,11,14)(H,13,15). The molecule has 0 radical (unpaired) electrons. The molecule has 1 rings (SSSR count).